The third kappa shape index (κ3) is 3.15. The lowest BCUT2D eigenvalue weighted by molar-refractivity contribution is 0.550. The highest BCUT2D eigenvalue weighted by Crippen LogP contribution is 2.21. The average Bonchev–Trinajstić information content (AvgIpc) is 2.32. The highest BCUT2D eigenvalue weighted by atomic mass is 19.1. The van der Waals surface area contributed by atoms with Crippen molar-refractivity contribution in [1.29, 1.82) is 0 Å². The van der Waals surface area contributed by atoms with E-state index in [0.29, 0.717) is 5.56 Å². The SMILES string of the molecule is Cc1ccc(C(N)Cc2ccc(F)cc2F)c(F)c1. The molecule has 0 aromatic heterocycles. The van der Waals surface area contributed by atoms with Crippen LogP contribution in [0, 0.1) is 24.4 Å². The molecule has 4 heteroatoms. The zero-order valence-electron chi connectivity index (χ0n) is 10.5. The summed E-state index contributed by atoms with van der Waals surface area (Å²) < 4.78 is 40.0. The van der Waals surface area contributed by atoms with E-state index in [1.54, 1.807) is 19.1 Å². The van der Waals surface area contributed by atoms with Crippen molar-refractivity contribution in [3.05, 3.63) is 70.5 Å². The Morgan fingerprint density at radius 3 is 2.37 bits per heavy atom. The summed E-state index contributed by atoms with van der Waals surface area (Å²) in [6.07, 6.45) is 0.117. The minimum atomic E-state index is -0.666. The first-order valence-corrected chi connectivity index (χ1v) is 5.93. The van der Waals surface area contributed by atoms with Crippen LogP contribution in [-0.4, -0.2) is 0 Å². The highest BCUT2D eigenvalue weighted by molar-refractivity contribution is 5.28. The molecule has 1 unspecified atom stereocenters. The molecule has 0 fully saturated rings. The smallest absolute Gasteiger partial charge is 0.129 e. The van der Waals surface area contributed by atoms with Crippen molar-refractivity contribution < 1.29 is 13.2 Å². The van der Waals surface area contributed by atoms with E-state index in [9.17, 15) is 13.2 Å². The molecule has 2 rings (SSSR count). The molecule has 0 spiro atoms. The number of hydrogen-bond acceptors (Lipinski definition) is 1. The lowest BCUT2D eigenvalue weighted by atomic mass is 9.98. The van der Waals surface area contributed by atoms with Gasteiger partial charge in [-0.3, -0.25) is 0 Å². The first-order valence-electron chi connectivity index (χ1n) is 5.93. The summed E-state index contributed by atoms with van der Waals surface area (Å²) in [5.41, 5.74) is 7.28. The molecule has 0 saturated heterocycles. The van der Waals surface area contributed by atoms with Gasteiger partial charge in [0.15, 0.2) is 0 Å². The minimum Gasteiger partial charge on any atom is -0.324 e. The summed E-state index contributed by atoms with van der Waals surface area (Å²) in [5.74, 6) is -1.71. The van der Waals surface area contributed by atoms with Gasteiger partial charge in [0.05, 0.1) is 0 Å². The highest BCUT2D eigenvalue weighted by Gasteiger charge is 2.14. The van der Waals surface area contributed by atoms with Gasteiger partial charge in [-0.1, -0.05) is 18.2 Å². The zero-order valence-corrected chi connectivity index (χ0v) is 10.5. The van der Waals surface area contributed by atoms with Crippen molar-refractivity contribution >= 4 is 0 Å². The van der Waals surface area contributed by atoms with Gasteiger partial charge in [0.1, 0.15) is 17.5 Å². The van der Waals surface area contributed by atoms with Gasteiger partial charge in [-0.15, -0.1) is 0 Å². The normalized spacial score (nSPS) is 12.5. The molecule has 0 radical (unpaired) electrons. The van der Waals surface area contributed by atoms with Gasteiger partial charge in [0.25, 0.3) is 0 Å². The van der Waals surface area contributed by atoms with E-state index in [1.807, 2.05) is 0 Å². The number of aryl methyl sites for hydroxylation is 1. The summed E-state index contributed by atoms with van der Waals surface area (Å²) >= 11 is 0. The van der Waals surface area contributed by atoms with Gasteiger partial charge in [-0.2, -0.15) is 0 Å². The second kappa shape index (κ2) is 5.45. The van der Waals surface area contributed by atoms with E-state index in [4.69, 9.17) is 5.73 Å². The Hall–Kier alpha value is -1.81. The van der Waals surface area contributed by atoms with Gasteiger partial charge in [-0.25, -0.2) is 13.2 Å². The fourth-order valence-electron chi connectivity index (χ4n) is 1.97. The molecule has 0 saturated carbocycles. The maximum Gasteiger partial charge on any atom is 0.129 e. The van der Waals surface area contributed by atoms with E-state index in [0.717, 1.165) is 17.7 Å². The Kier molecular flexibility index (Phi) is 3.90. The summed E-state index contributed by atoms with van der Waals surface area (Å²) in [7, 11) is 0. The molecule has 0 amide bonds. The van der Waals surface area contributed by atoms with E-state index in [2.05, 4.69) is 0 Å². The molecule has 0 heterocycles. The third-order valence-corrected chi connectivity index (χ3v) is 3.01. The first-order chi connectivity index (χ1) is 8.97. The second-order valence-corrected chi connectivity index (χ2v) is 4.57. The Balaban J connectivity index is 2.23. The molecule has 0 aliphatic rings. The number of nitrogens with two attached hydrogens (primary N) is 1. The van der Waals surface area contributed by atoms with E-state index >= 15 is 0 Å². The quantitative estimate of drug-likeness (QED) is 0.900. The van der Waals surface area contributed by atoms with Crippen LogP contribution in [-0.2, 0) is 6.42 Å². The number of rotatable bonds is 3. The number of halogens is 3. The molecule has 0 aliphatic carbocycles. The topological polar surface area (TPSA) is 26.0 Å². The third-order valence-electron chi connectivity index (χ3n) is 3.01. The van der Waals surface area contributed by atoms with E-state index in [-0.39, 0.29) is 12.0 Å². The second-order valence-electron chi connectivity index (χ2n) is 4.57. The number of benzene rings is 2. The maximum atomic E-state index is 13.7. The van der Waals surface area contributed by atoms with Gasteiger partial charge in [-0.05, 0) is 36.6 Å². The van der Waals surface area contributed by atoms with Crippen LogP contribution < -0.4 is 5.73 Å². The van der Waals surface area contributed by atoms with Crippen molar-refractivity contribution in [2.24, 2.45) is 5.73 Å². The van der Waals surface area contributed by atoms with Crippen LogP contribution in [0.3, 0.4) is 0 Å². The molecule has 2 aromatic rings. The standard InChI is InChI=1S/C15H14F3N/c1-9-2-5-12(14(18)6-9)15(19)7-10-3-4-11(16)8-13(10)17/h2-6,8,15H,7,19H2,1H3. The van der Waals surface area contributed by atoms with E-state index < -0.39 is 23.5 Å². The minimum absolute atomic E-state index is 0.117. The summed E-state index contributed by atoms with van der Waals surface area (Å²) in [6, 6.07) is 7.35. The molecule has 0 aliphatic heterocycles. The Labute approximate surface area is 109 Å². The van der Waals surface area contributed by atoms with Crippen LogP contribution in [0.25, 0.3) is 0 Å². The molecule has 19 heavy (non-hydrogen) atoms. The van der Waals surface area contributed by atoms with Crippen LogP contribution in [0.15, 0.2) is 36.4 Å². The molecule has 2 N–H and O–H groups in total. The van der Waals surface area contributed by atoms with Crippen molar-refractivity contribution in [3.8, 4) is 0 Å². The van der Waals surface area contributed by atoms with Crippen LogP contribution >= 0.6 is 0 Å². The first kappa shape index (κ1) is 13.6. The van der Waals surface area contributed by atoms with Crippen LogP contribution in [0.1, 0.15) is 22.7 Å². The predicted octanol–water partition coefficient (Wildman–Crippen LogP) is 3.65. The molecule has 1 nitrogen and oxygen atoms in total. The maximum absolute atomic E-state index is 13.7. The largest absolute Gasteiger partial charge is 0.324 e. The lowest BCUT2D eigenvalue weighted by Gasteiger charge is -2.14. The number of hydrogen-bond donors (Lipinski definition) is 1. The average molecular weight is 265 g/mol. The molecule has 0 bridgehead atoms. The summed E-state index contributed by atoms with van der Waals surface area (Å²) in [4.78, 5) is 0. The summed E-state index contributed by atoms with van der Waals surface area (Å²) in [6.45, 7) is 1.78. The molecular weight excluding hydrogens is 251 g/mol. The van der Waals surface area contributed by atoms with Crippen molar-refractivity contribution in [1.82, 2.24) is 0 Å². The van der Waals surface area contributed by atoms with Crippen LogP contribution in [0.2, 0.25) is 0 Å². The molecule has 100 valence electrons. The predicted molar refractivity (Wildman–Crippen MR) is 68.1 cm³/mol. The van der Waals surface area contributed by atoms with Crippen LogP contribution in [0.5, 0.6) is 0 Å². The van der Waals surface area contributed by atoms with Crippen molar-refractivity contribution in [2.45, 2.75) is 19.4 Å². The fraction of sp³-hybridized carbons (Fsp3) is 0.200. The van der Waals surface area contributed by atoms with E-state index in [1.165, 1.54) is 12.1 Å². The Morgan fingerprint density at radius 1 is 1.00 bits per heavy atom. The zero-order chi connectivity index (χ0) is 14.0. The van der Waals surface area contributed by atoms with Gasteiger partial charge in [0, 0.05) is 17.7 Å². The van der Waals surface area contributed by atoms with Crippen molar-refractivity contribution in [3.63, 3.8) is 0 Å². The Bertz CT molecular complexity index is 596. The molecule has 1 atom stereocenters. The van der Waals surface area contributed by atoms with Gasteiger partial charge in [0.2, 0.25) is 0 Å². The fourth-order valence-corrected chi connectivity index (χ4v) is 1.97. The lowest BCUT2D eigenvalue weighted by Crippen LogP contribution is -2.16. The molecular formula is C15H14F3N. The summed E-state index contributed by atoms with van der Waals surface area (Å²) in [5, 5.41) is 0. The van der Waals surface area contributed by atoms with Crippen LogP contribution in [0.4, 0.5) is 13.2 Å². The molecule has 2 aromatic carbocycles. The monoisotopic (exact) mass is 265 g/mol. The van der Waals surface area contributed by atoms with Crippen molar-refractivity contribution in [2.75, 3.05) is 0 Å². The van der Waals surface area contributed by atoms with Gasteiger partial charge < -0.3 is 5.73 Å². The van der Waals surface area contributed by atoms with Gasteiger partial charge >= 0.3 is 0 Å². The Morgan fingerprint density at radius 2 is 1.74 bits per heavy atom.